The van der Waals surface area contributed by atoms with E-state index in [0.29, 0.717) is 31.0 Å². The van der Waals surface area contributed by atoms with Crippen LogP contribution in [0.5, 0.6) is 5.75 Å². The van der Waals surface area contributed by atoms with Gasteiger partial charge in [-0.3, -0.25) is 9.69 Å². The molecule has 1 atom stereocenters. The summed E-state index contributed by atoms with van der Waals surface area (Å²) in [6, 6.07) is 3.75. The maximum atomic E-state index is 14.4. The van der Waals surface area contributed by atoms with Crippen molar-refractivity contribution in [1.29, 1.82) is 0 Å². The van der Waals surface area contributed by atoms with E-state index in [2.05, 4.69) is 15.3 Å². The highest BCUT2D eigenvalue weighted by Gasteiger charge is 2.39. The number of anilines is 2. The van der Waals surface area contributed by atoms with Crippen molar-refractivity contribution < 1.29 is 22.7 Å². The van der Waals surface area contributed by atoms with E-state index in [9.17, 15) is 22.7 Å². The quantitative estimate of drug-likeness (QED) is 0.696. The fourth-order valence-electron chi connectivity index (χ4n) is 3.64. The molecule has 1 fully saturated rings. The number of fused-ring (bicyclic) bond motifs is 1. The molecular formula is C18H20FN5O4S. The van der Waals surface area contributed by atoms with Gasteiger partial charge in [0.15, 0.2) is 5.82 Å². The van der Waals surface area contributed by atoms with Crippen LogP contribution in [0.1, 0.15) is 23.0 Å². The zero-order valence-electron chi connectivity index (χ0n) is 15.9. The molecule has 2 aliphatic rings. The fraction of sp³-hybridized carbons (Fsp3) is 0.389. The van der Waals surface area contributed by atoms with Crippen molar-refractivity contribution in [3.63, 3.8) is 0 Å². The van der Waals surface area contributed by atoms with E-state index in [-0.39, 0.29) is 29.7 Å². The van der Waals surface area contributed by atoms with Crippen LogP contribution in [0.3, 0.4) is 0 Å². The second kappa shape index (κ2) is 6.92. The van der Waals surface area contributed by atoms with Crippen LogP contribution < -0.4 is 15.1 Å². The lowest BCUT2D eigenvalue weighted by atomic mass is 10.1. The highest BCUT2D eigenvalue weighted by molar-refractivity contribution is 7.90. The summed E-state index contributed by atoms with van der Waals surface area (Å²) in [6.07, 6.45) is 0.972. The summed E-state index contributed by atoms with van der Waals surface area (Å²) in [5, 5.41) is 12.9. The molecule has 2 aromatic rings. The summed E-state index contributed by atoms with van der Waals surface area (Å²) in [5.74, 6) is -1.49. The molecule has 0 radical (unpaired) electrons. The van der Waals surface area contributed by atoms with Gasteiger partial charge in [-0.15, -0.1) is 0 Å². The molecule has 0 saturated carbocycles. The van der Waals surface area contributed by atoms with Gasteiger partial charge in [0.05, 0.1) is 6.54 Å². The molecule has 154 valence electrons. The second-order valence-electron chi connectivity index (χ2n) is 7.17. The van der Waals surface area contributed by atoms with Crippen molar-refractivity contribution >= 4 is 27.2 Å². The standard InChI is InChI=1S/C18H20FN5O4S/c1-10-8-20-6-7-23(10)16-11-9-24(15-12(19)4-3-5-13(15)25)17(26)14(11)21-18(22-16)29(2,27)28/h3-5,10,20,25H,6-9H2,1-2H3/t10-/m0/s1. The van der Waals surface area contributed by atoms with E-state index < -0.39 is 26.7 Å². The summed E-state index contributed by atoms with van der Waals surface area (Å²) in [4.78, 5) is 24.3. The first-order valence-electron chi connectivity index (χ1n) is 9.06. The molecule has 29 heavy (non-hydrogen) atoms. The normalized spacial score (nSPS) is 19.6. The Morgan fingerprint density at radius 3 is 2.72 bits per heavy atom. The highest BCUT2D eigenvalue weighted by Crippen LogP contribution is 2.38. The van der Waals surface area contributed by atoms with Crippen LogP contribution in [0.4, 0.5) is 15.9 Å². The number of para-hydroxylation sites is 1. The summed E-state index contributed by atoms with van der Waals surface area (Å²) in [5.41, 5.74) is 0.0540. The van der Waals surface area contributed by atoms with Crippen molar-refractivity contribution in [2.45, 2.75) is 24.7 Å². The first kappa shape index (κ1) is 19.5. The third-order valence-corrected chi connectivity index (χ3v) is 5.91. The molecule has 1 aromatic heterocycles. The lowest BCUT2D eigenvalue weighted by Gasteiger charge is -2.35. The average molecular weight is 421 g/mol. The number of benzene rings is 1. The minimum absolute atomic E-state index is 0.00109. The van der Waals surface area contributed by atoms with Crippen molar-refractivity contribution in [2.75, 3.05) is 35.7 Å². The zero-order valence-corrected chi connectivity index (χ0v) is 16.7. The Morgan fingerprint density at radius 1 is 1.31 bits per heavy atom. The zero-order chi connectivity index (χ0) is 20.9. The first-order chi connectivity index (χ1) is 13.7. The van der Waals surface area contributed by atoms with Gasteiger partial charge in [-0.1, -0.05) is 6.07 Å². The number of rotatable bonds is 3. The number of carbonyl (C=O) groups excluding carboxylic acids is 1. The van der Waals surface area contributed by atoms with E-state index in [4.69, 9.17) is 0 Å². The Bertz CT molecular complexity index is 1090. The number of amides is 1. The van der Waals surface area contributed by atoms with Crippen LogP contribution in [-0.2, 0) is 16.4 Å². The molecule has 0 bridgehead atoms. The number of nitrogens with one attached hydrogen (secondary N) is 1. The summed E-state index contributed by atoms with van der Waals surface area (Å²) < 4.78 is 38.6. The van der Waals surface area contributed by atoms with Gasteiger partial charge in [-0.2, -0.15) is 0 Å². The number of phenols is 1. The van der Waals surface area contributed by atoms with Gasteiger partial charge in [-0.25, -0.2) is 22.8 Å². The van der Waals surface area contributed by atoms with Gasteiger partial charge in [0, 0.05) is 37.5 Å². The number of aromatic nitrogens is 2. The molecule has 9 nitrogen and oxygen atoms in total. The number of carbonyl (C=O) groups is 1. The molecule has 0 spiro atoms. The van der Waals surface area contributed by atoms with E-state index in [0.717, 1.165) is 17.2 Å². The Labute approximate surface area is 167 Å². The van der Waals surface area contributed by atoms with E-state index in [1.165, 1.54) is 12.1 Å². The summed E-state index contributed by atoms with van der Waals surface area (Å²) in [6.45, 7) is 3.78. The van der Waals surface area contributed by atoms with Gasteiger partial charge in [0.2, 0.25) is 15.0 Å². The van der Waals surface area contributed by atoms with Gasteiger partial charge in [0.1, 0.15) is 22.9 Å². The van der Waals surface area contributed by atoms with E-state index >= 15 is 0 Å². The third-order valence-electron chi connectivity index (χ3n) is 5.07. The lowest BCUT2D eigenvalue weighted by molar-refractivity contribution is 0.0990. The van der Waals surface area contributed by atoms with Crippen LogP contribution >= 0.6 is 0 Å². The number of aromatic hydroxyl groups is 1. The molecular weight excluding hydrogens is 401 g/mol. The summed E-state index contributed by atoms with van der Waals surface area (Å²) in [7, 11) is -3.78. The topological polar surface area (TPSA) is 116 Å². The number of nitrogens with zero attached hydrogens (tertiary/aromatic N) is 4. The molecule has 2 N–H and O–H groups in total. The number of hydrogen-bond acceptors (Lipinski definition) is 8. The molecule has 11 heteroatoms. The van der Waals surface area contributed by atoms with Crippen LogP contribution in [-0.4, -0.2) is 61.3 Å². The first-order valence-corrected chi connectivity index (χ1v) is 11.0. The minimum Gasteiger partial charge on any atom is -0.506 e. The molecule has 2 aliphatic heterocycles. The second-order valence-corrected chi connectivity index (χ2v) is 9.08. The number of phenolic OH excluding ortho intramolecular Hbond substituents is 1. The minimum atomic E-state index is -3.78. The van der Waals surface area contributed by atoms with Crippen LogP contribution in [0.15, 0.2) is 23.4 Å². The Hall–Kier alpha value is -2.79. The molecule has 1 saturated heterocycles. The Balaban J connectivity index is 1.88. The van der Waals surface area contributed by atoms with Gasteiger partial charge in [-0.05, 0) is 19.1 Å². The van der Waals surface area contributed by atoms with Gasteiger partial charge < -0.3 is 15.3 Å². The van der Waals surface area contributed by atoms with Gasteiger partial charge in [0.25, 0.3) is 5.91 Å². The monoisotopic (exact) mass is 421 g/mol. The van der Waals surface area contributed by atoms with E-state index in [1.54, 1.807) is 0 Å². The maximum absolute atomic E-state index is 14.4. The highest BCUT2D eigenvalue weighted by atomic mass is 32.2. The molecule has 1 amide bonds. The van der Waals surface area contributed by atoms with E-state index in [1.807, 2.05) is 11.8 Å². The maximum Gasteiger partial charge on any atom is 0.277 e. The number of piperazine rings is 1. The smallest absolute Gasteiger partial charge is 0.277 e. The van der Waals surface area contributed by atoms with Crippen molar-refractivity contribution in [3.05, 3.63) is 35.3 Å². The van der Waals surface area contributed by atoms with Crippen LogP contribution in [0, 0.1) is 5.82 Å². The Morgan fingerprint density at radius 2 is 2.07 bits per heavy atom. The molecule has 3 heterocycles. The Kier molecular flexibility index (Phi) is 4.66. The molecule has 4 rings (SSSR count). The average Bonchev–Trinajstić information content (AvgIpc) is 2.97. The number of halogens is 1. The van der Waals surface area contributed by atoms with Crippen LogP contribution in [0.25, 0.3) is 0 Å². The SMILES string of the molecule is C[C@H]1CNCCN1c1nc(S(C)(=O)=O)nc2c1CN(c1c(O)cccc1F)C2=O. The molecule has 0 unspecified atom stereocenters. The number of sulfone groups is 1. The fourth-order valence-corrected chi connectivity index (χ4v) is 4.15. The van der Waals surface area contributed by atoms with Crippen molar-refractivity contribution in [2.24, 2.45) is 0 Å². The van der Waals surface area contributed by atoms with Crippen LogP contribution in [0.2, 0.25) is 0 Å². The lowest BCUT2D eigenvalue weighted by Crippen LogP contribution is -2.50. The third kappa shape index (κ3) is 3.29. The predicted octanol–water partition coefficient (Wildman–Crippen LogP) is 0.683. The number of hydrogen-bond donors (Lipinski definition) is 2. The predicted molar refractivity (Wildman–Crippen MR) is 103 cm³/mol. The van der Waals surface area contributed by atoms with Crippen molar-refractivity contribution in [1.82, 2.24) is 15.3 Å². The molecule has 1 aromatic carbocycles. The molecule has 0 aliphatic carbocycles. The van der Waals surface area contributed by atoms with Crippen molar-refractivity contribution in [3.8, 4) is 5.75 Å². The largest absolute Gasteiger partial charge is 0.506 e. The van der Waals surface area contributed by atoms with Gasteiger partial charge >= 0.3 is 0 Å². The summed E-state index contributed by atoms with van der Waals surface area (Å²) >= 11 is 0.